The summed E-state index contributed by atoms with van der Waals surface area (Å²) in [5.41, 5.74) is 0. The smallest absolute Gasteiger partial charge is 0.0363 e. The second-order valence-corrected chi connectivity index (χ2v) is 8.81. The average Bonchev–Trinajstić information content (AvgIpc) is 2.56. The first kappa shape index (κ1) is 24.0. The van der Waals surface area contributed by atoms with Crippen molar-refractivity contribution in [3.05, 3.63) is 0 Å². The lowest BCUT2D eigenvalue weighted by atomic mass is 9.75. The third-order valence-electron chi connectivity index (χ3n) is 6.21. The lowest BCUT2D eigenvalue weighted by molar-refractivity contribution is 0.201. The Morgan fingerprint density at radius 1 is 0.542 bits per heavy atom. The molecule has 0 amide bonds. The van der Waals surface area contributed by atoms with Crippen molar-refractivity contribution < 1.29 is 0 Å². The molecule has 146 valence electrons. The molecule has 3 atom stereocenters. The van der Waals surface area contributed by atoms with Crippen molar-refractivity contribution in [2.45, 2.75) is 131 Å². The Bertz CT molecular complexity index is 242. The van der Waals surface area contributed by atoms with Gasteiger partial charge in [0, 0.05) is 0 Å². The van der Waals surface area contributed by atoms with Crippen molar-refractivity contribution in [2.75, 3.05) is 0 Å². The summed E-state index contributed by atoms with van der Waals surface area (Å²) >= 11 is 0. The lowest BCUT2D eigenvalue weighted by Gasteiger charge is -2.30. The van der Waals surface area contributed by atoms with Gasteiger partial charge in [0.2, 0.25) is 0 Å². The van der Waals surface area contributed by atoms with E-state index < -0.39 is 0 Å². The second-order valence-electron chi connectivity index (χ2n) is 8.81. The van der Waals surface area contributed by atoms with Crippen LogP contribution in [0.15, 0.2) is 0 Å². The highest BCUT2D eigenvalue weighted by atomic mass is 14.3. The van der Waals surface area contributed by atoms with Crippen LogP contribution in [0.4, 0.5) is 0 Å². The SMILES string of the molecule is CCCCCCCC(C(C)C)C(CC)CCC(C)CCCCCC. The van der Waals surface area contributed by atoms with Crippen LogP contribution in [0.3, 0.4) is 0 Å². The molecule has 0 aliphatic carbocycles. The van der Waals surface area contributed by atoms with Crippen LogP contribution in [-0.4, -0.2) is 0 Å². The molecule has 0 aromatic rings. The Kier molecular flexibility index (Phi) is 16.5. The van der Waals surface area contributed by atoms with Gasteiger partial charge in [-0.2, -0.15) is 0 Å². The van der Waals surface area contributed by atoms with E-state index in [4.69, 9.17) is 0 Å². The van der Waals surface area contributed by atoms with Crippen LogP contribution in [-0.2, 0) is 0 Å². The van der Waals surface area contributed by atoms with E-state index >= 15 is 0 Å². The molecule has 0 spiro atoms. The highest BCUT2D eigenvalue weighted by molar-refractivity contribution is 4.73. The third-order valence-corrected chi connectivity index (χ3v) is 6.21. The average molecular weight is 339 g/mol. The van der Waals surface area contributed by atoms with E-state index in [1.54, 1.807) is 0 Å². The lowest BCUT2D eigenvalue weighted by Crippen LogP contribution is -2.21. The van der Waals surface area contributed by atoms with E-state index in [1.807, 2.05) is 0 Å². The van der Waals surface area contributed by atoms with Gasteiger partial charge in [0.25, 0.3) is 0 Å². The molecule has 0 radical (unpaired) electrons. The van der Waals surface area contributed by atoms with Gasteiger partial charge in [-0.05, 0) is 36.5 Å². The zero-order chi connectivity index (χ0) is 18.2. The minimum absolute atomic E-state index is 0.862. The molecule has 0 N–H and O–H groups in total. The zero-order valence-electron chi connectivity index (χ0n) is 18.2. The second kappa shape index (κ2) is 16.5. The van der Waals surface area contributed by atoms with E-state index in [-0.39, 0.29) is 0 Å². The maximum Gasteiger partial charge on any atom is -0.0363 e. The molecule has 24 heavy (non-hydrogen) atoms. The molecule has 0 saturated carbocycles. The molecule has 3 unspecified atom stereocenters. The fourth-order valence-electron chi connectivity index (χ4n) is 4.38. The topological polar surface area (TPSA) is 0 Å². The van der Waals surface area contributed by atoms with Crippen LogP contribution in [0.2, 0.25) is 0 Å². The highest BCUT2D eigenvalue weighted by Crippen LogP contribution is 2.33. The van der Waals surface area contributed by atoms with Crippen LogP contribution in [0, 0.1) is 23.7 Å². The zero-order valence-corrected chi connectivity index (χ0v) is 18.2. The minimum Gasteiger partial charge on any atom is -0.0654 e. The van der Waals surface area contributed by atoms with Gasteiger partial charge < -0.3 is 0 Å². The molecule has 0 bridgehead atoms. The molecule has 0 aliphatic rings. The predicted octanol–water partition coefficient (Wildman–Crippen LogP) is 9.03. The Balaban J connectivity index is 4.13. The van der Waals surface area contributed by atoms with Gasteiger partial charge >= 0.3 is 0 Å². The molecule has 0 heterocycles. The molecule has 0 heteroatoms. The molecule has 0 aliphatic heterocycles. The Morgan fingerprint density at radius 3 is 1.62 bits per heavy atom. The van der Waals surface area contributed by atoms with Crippen LogP contribution >= 0.6 is 0 Å². The predicted molar refractivity (Wildman–Crippen MR) is 113 cm³/mol. The summed E-state index contributed by atoms with van der Waals surface area (Å²) < 4.78 is 0. The van der Waals surface area contributed by atoms with E-state index in [0.717, 1.165) is 23.7 Å². The van der Waals surface area contributed by atoms with Gasteiger partial charge in [-0.3, -0.25) is 0 Å². The van der Waals surface area contributed by atoms with E-state index in [0.29, 0.717) is 0 Å². The van der Waals surface area contributed by atoms with Gasteiger partial charge in [-0.25, -0.2) is 0 Å². The standard InChI is InChI=1S/C24H50/c1-7-10-12-14-16-18-24(21(4)5)23(9-3)20-19-22(6)17-15-13-11-8-2/h21-24H,7-20H2,1-6H3. The first-order valence-electron chi connectivity index (χ1n) is 11.6. The molecular weight excluding hydrogens is 288 g/mol. The summed E-state index contributed by atoms with van der Waals surface area (Å²) in [4.78, 5) is 0. The summed E-state index contributed by atoms with van der Waals surface area (Å²) in [6.07, 6.45) is 20.1. The summed E-state index contributed by atoms with van der Waals surface area (Å²) in [7, 11) is 0. The maximum absolute atomic E-state index is 2.49. The van der Waals surface area contributed by atoms with E-state index in [9.17, 15) is 0 Å². The molecule has 0 saturated heterocycles. The number of unbranched alkanes of at least 4 members (excludes halogenated alkanes) is 7. The van der Waals surface area contributed by atoms with Gasteiger partial charge in [0.15, 0.2) is 0 Å². The van der Waals surface area contributed by atoms with Gasteiger partial charge in [0.05, 0.1) is 0 Å². The molecular formula is C24H50. The summed E-state index contributed by atoms with van der Waals surface area (Å²) in [5.74, 6) is 3.73. The fourth-order valence-corrected chi connectivity index (χ4v) is 4.38. The first-order chi connectivity index (χ1) is 11.6. The van der Waals surface area contributed by atoms with Gasteiger partial charge in [-0.15, -0.1) is 0 Å². The van der Waals surface area contributed by atoms with E-state index in [2.05, 4.69) is 41.5 Å². The van der Waals surface area contributed by atoms with Crippen LogP contribution in [0.5, 0.6) is 0 Å². The summed E-state index contributed by atoms with van der Waals surface area (Å²) in [6.45, 7) is 14.5. The molecule has 0 aromatic heterocycles. The third kappa shape index (κ3) is 12.4. The van der Waals surface area contributed by atoms with Crippen molar-refractivity contribution in [3.8, 4) is 0 Å². The van der Waals surface area contributed by atoms with Crippen molar-refractivity contribution >= 4 is 0 Å². The monoisotopic (exact) mass is 338 g/mol. The number of hydrogen-bond acceptors (Lipinski definition) is 0. The van der Waals surface area contributed by atoms with Crippen LogP contribution in [0.1, 0.15) is 131 Å². The molecule has 0 nitrogen and oxygen atoms in total. The molecule has 0 rings (SSSR count). The minimum atomic E-state index is 0.862. The van der Waals surface area contributed by atoms with Gasteiger partial charge in [-0.1, -0.05) is 119 Å². The van der Waals surface area contributed by atoms with Crippen LogP contribution < -0.4 is 0 Å². The molecule has 0 aromatic carbocycles. The first-order valence-corrected chi connectivity index (χ1v) is 11.6. The fraction of sp³-hybridized carbons (Fsp3) is 1.00. The largest absolute Gasteiger partial charge is 0.0654 e. The number of rotatable bonds is 17. The molecule has 0 fully saturated rings. The van der Waals surface area contributed by atoms with Crippen molar-refractivity contribution in [1.82, 2.24) is 0 Å². The number of hydrogen-bond donors (Lipinski definition) is 0. The van der Waals surface area contributed by atoms with E-state index in [1.165, 1.54) is 89.9 Å². The normalized spacial score (nSPS) is 15.6. The summed E-state index contributed by atoms with van der Waals surface area (Å²) in [6, 6.07) is 0. The Hall–Kier alpha value is 0. The Labute approximate surface area is 155 Å². The van der Waals surface area contributed by atoms with Crippen molar-refractivity contribution in [3.63, 3.8) is 0 Å². The van der Waals surface area contributed by atoms with Crippen molar-refractivity contribution in [2.24, 2.45) is 23.7 Å². The Morgan fingerprint density at radius 2 is 1.08 bits per heavy atom. The maximum atomic E-state index is 2.49. The summed E-state index contributed by atoms with van der Waals surface area (Å²) in [5, 5.41) is 0. The van der Waals surface area contributed by atoms with Crippen molar-refractivity contribution in [1.29, 1.82) is 0 Å². The van der Waals surface area contributed by atoms with Crippen LogP contribution in [0.25, 0.3) is 0 Å². The quantitative estimate of drug-likeness (QED) is 0.232. The highest BCUT2D eigenvalue weighted by Gasteiger charge is 2.23. The van der Waals surface area contributed by atoms with Gasteiger partial charge in [0.1, 0.15) is 0 Å².